The molecule has 0 aromatic carbocycles. The van der Waals surface area contributed by atoms with E-state index in [1.807, 2.05) is 13.2 Å². The predicted octanol–water partition coefficient (Wildman–Crippen LogP) is 2.17. The number of halogens is 1. The molecule has 0 spiro atoms. The van der Waals surface area contributed by atoms with Gasteiger partial charge < -0.3 is 9.47 Å². The van der Waals surface area contributed by atoms with Crippen LogP contribution < -0.4 is 4.90 Å². The van der Waals surface area contributed by atoms with Crippen molar-refractivity contribution in [2.24, 2.45) is 7.05 Å². The summed E-state index contributed by atoms with van der Waals surface area (Å²) in [6, 6.07) is 0. The van der Waals surface area contributed by atoms with Crippen molar-refractivity contribution in [3.63, 3.8) is 0 Å². The van der Waals surface area contributed by atoms with Crippen molar-refractivity contribution < 1.29 is 0 Å². The lowest BCUT2D eigenvalue weighted by Gasteiger charge is -2.27. The Morgan fingerprint density at radius 2 is 2.00 bits per heavy atom. The number of rotatable bonds is 1. The van der Waals surface area contributed by atoms with Crippen LogP contribution in [0.5, 0.6) is 0 Å². The van der Waals surface area contributed by atoms with Gasteiger partial charge in [0, 0.05) is 20.1 Å². The fourth-order valence-corrected chi connectivity index (χ4v) is 2.03. The molecular weight excluding hydrogens is 230 g/mol. The third-order valence-electron chi connectivity index (χ3n) is 2.55. The molecule has 0 bridgehead atoms. The zero-order chi connectivity index (χ0) is 9.26. The maximum atomic E-state index is 4.38. The first-order valence-electron chi connectivity index (χ1n) is 4.71. The monoisotopic (exact) mass is 243 g/mol. The van der Waals surface area contributed by atoms with Gasteiger partial charge in [0.2, 0.25) is 5.95 Å². The van der Waals surface area contributed by atoms with Crippen molar-refractivity contribution in [3.8, 4) is 0 Å². The molecule has 0 saturated carbocycles. The summed E-state index contributed by atoms with van der Waals surface area (Å²) in [6.07, 6.45) is 5.82. The minimum Gasteiger partial charge on any atom is -0.342 e. The molecule has 1 aliphatic heterocycles. The van der Waals surface area contributed by atoms with Gasteiger partial charge in [-0.15, -0.1) is 0 Å². The molecule has 1 aliphatic rings. The number of nitrogens with zero attached hydrogens (tertiary/aromatic N) is 3. The number of piperidine rings is 1. The highest BCUT2D eigenvalue weighted by atomic mass is 79.9. The standard InChI is InChI=1S/C9H14BrN3/c1-12-8(10)7-11-9(12)13-5-3-2-4-6-13/h7H,2-6H2,1H3. The van der Waals surface area contributed by atoms with Crippen LogP contribution in [0.1, 0.15) is 19.3 Å². The van der Waals surface area contributed by atoms with Gasteiger partial charge >= 0.3 is 0 Å². The summed E-state index contributed by atoms with van der Waals surface area (Å²) >= 11 is 3.46. The lowest BCUT2D eigenvalue weighted by molar-refractivity contribution is 0.561. The van der Waals surface area contributed by atoms with Crippen molar-refractivity contribution in [1.82, 2.24) is 9.55 Å². The van der Waals surface area contributed by atoms with E-state index in [-0.39, 0.29) is 0 Å². The van der Waals surface area contributed by atoms with Crippen LogP contribution in [0.4, 0.5) is 5.95 Å². The van der Waals surface area contributed by atoms with E-state index in [0.717, 1.165) is 23.6 Å². The highest BCUT2D eigenvalue weighted by molar-refractivity contribution is 9.10. The molecule has 0 unspecified atom stereocenters. The molecule has 1 saturated heterocycles. The first-order chi connectivity index (χ1) is 6.29. The van der Waals surface area contributed by atoms with Crippen LogP contribution in [0.25, 0.3) is 0 Å². The molecule has 1 aromatic heterocycles. The summed E-state index contributed by atoms with van der Waals surface area (Å²) in [7, 11) is 2.04. The summed E-state index contributed by atoms with van der Waals surface area (Å²) in [6.45, 7) is 2.30. The number of imidazole rings is 1. The zero-order valence-electron chi connectivity index (χ0n) is 7.83. The lowest BCUT2D eigenvalue weighted by Crippen LogP contribution is -2.31. The molecule has 0 N–H and O–H groups in total. The second-order valence-electron chi connectivity index (χ2n) is 3.49. The summed E-state index contributed by atoms with van der Waals surface area (Å²) in [4.78, 5) is 6.74. The van der Waals surface area contributed by atoms with E-state index >= 15 is 0 Å². The first-order valence-corrected chi connectivity index (χ1v) is 5.50. The van der Waals surface area contributed by atoms with E-state index in [1.165, 1.54) is 19.3 Å². The topological polar surface area (TPSA) is 21.1 Å². The molecule has 0 radical (unpaired) electrons. The van der Waals surface area contributed by atoms with Gasteiger partial charge in [-0.3, -0.25) is 0 Å². The average molecular weight is 244 g/mol. The van der Waals surface area contributed by atoms with E-state index in [4.69, 9.17) is 0 Å². The van der Waals surface area contributed by atoms with E-state index < -0.39 is 0 Å². The minimum absolute atomic E-state index is 1.05. The van der Waals surface area contributed by atoms with E-state index in [0.29, 0.717) is 0 Å². The van der Waals surface area contributed by atoms with Gasteiger partial charge in [0.05, 0.1) is 6.20 Å². The van der Waals surface area contributed by atoms with Crippen molar-refractivity contribution in [1.29, 1.82) is 0 Å². The summed E-state index contributed by atoms with van der Waals surface area (Å²) in [5, 5.41) is 0. The number of hydrogen-bond donors (Lipinski definition) is 0. The second-order valence-corrected chi connectivity index (χ2v) is 4.30. The Morgan fingerprint density at radius 3 is 2.54 bits per heavy atom. The van der Waals surface area contributed by atoms with Gasteiger partial charge in [0.15, 0.2) is 0 Å². The fraction of sp³-hybridized carbons (Fsp3) is 0.667. The zero-order valence-corrected chi connectivity index (χ0v) is 9.42. The average Bonchev–Trinajstić information content (AvgIpc) is 2.49. The van der Waals surface area contributed by atoms with Gasteiger partial charge in [0.25, 0.3) is 0 Å². The van der Waals surface area contributed by atoms with Crippen LogP contribution >= 0.6 is 15.9 Å². The summed E-state index contributed by atoms with van der Waals surface area (Å²) in [5.41, 5.74) is 0. The van der Waals surface area contributed by atoms with E-state index in [2.05, 4.69) is 30.4 Å². The smallest absolute Gasteiger partial charge is 0.206 e. The van der Waals surface area contributed by atoms with Gasteiger partial charge in [0.1, 0.15) is 4.60 Å². The van der Waals surface area contributed by atoms with Gasteiger partial charge in [-0.1, -0.05) is 0 Å². The first kappa shape index (κ1) is 9.06. The van der Waals surface area contributed by atoms with Crippen LogP contribution in [0.15, 0.2) is 10.8 Å². The molecular formula is C9H14BrN3. The van der Waals surface area contributed by atoms with Gasteiger partial charge in [-0.2, -0.15) is 0 Å². The van der Waals surface area contributed by atoms with Crippen molar-refractivity contribution in [2.45, 2.75) is 19.3 Å². The Bertz CT molecular complexity index is 289. The van der Waals surface area contributed by atoms with Crippen LogP contribution in [-0.4, -0.2) is 22.6 Å². The highest BCUT2D eigenvalue weighted by Crippen LogP contribution is 2.21. The second kappa shape index (κ2) is 3.70. The third kappa shape index (κ3) is 1.73. The number of hydrogen-bond acceptors (Lipinski definition) is 2. The van der Waals surface area contributed by atoms with Crippen LogP contribution in [-0.2, 0) is 7.05 Å². The highest BCUT2D eigenvalue weighted by Gasteiger charge is 2.15. The third-order valence-corrected chi connectivity index (χ3v) is 3.28. The largest absolute Gasteiger partial charge is 0.342 e. The fourth-order valence-electron chi connectivity index (χ4n) is 1.77. The molecule has 2 rings (SSSR count). The Balaban J connectivity index is 2.18. The maximum absolute atomic E-state index is 4.38. The molecule has 1 fully saturated rings. The Morgan fingerprint density at radius 1 is 1.31 bits per heavy atom. The van der Waals surface area contributed by atoms with Crippen molar-refractivity contribution in [3.05, 3.63) is 10.8 Å². The molecule has 0 atom stereocenters. The minimum atomic E-state index is 1.05. The molecule has 0 aliphatic carbocycles. The van der Waals surface area contributed by atoms with Crippen LogP contribution in [0.3, 0.4) is 0 Å². The molecule has 3 nitrogen and oxygen atoms in total. The van der Waals surface area contributed by atoms with E-state index in [1.54, 1.807) is 0 Å². The molecule has 1 aromatic rings. The Kier molecular flexibility index (Phi) is 2.58. The van der Waals surface area contributed by atoms with Gasteiger partial charge in [-0.25, -0.2) is 4.98 Å². The molecule has 0 amide bonds. The predicted molar refractivity (Wildman–Crippen MR) is 57.0 cm³/mol. The number of anilines is 1. The molecule has 72 valence electrons. The molecule has 4 heteroatoms. The Hall–Kier alpha value is -0.510. The molecule has 2 heterocycles. The summed E-state index contributed by atoms with van der Waals surface area (Å²) in [5.74, 6) is 1.09. The maximum Gasteiger partial charge on any atom is 0.206 e. The van der Waals surface area contributed by atoms with Crippen LogP contribution in [0, 0.1) is 0 Å². The van der Waals surface area contributed by atoms with Gasteiger partial charge in [-0.05, 0) is 35.2 Å². The lowest BCUT2D eigenvalue weighted by atomic mass is 10.1. The summed E-state index contributed by atoms with van der Waals surface area (Å²) < 4.78 is 3.14. The Labute approximate surface area is 86.9 Å². The van der Waals surface area contributed by atoms with Crippen molar-refractivity contribution >= 4 is 21.9 Å². The molecule has 13 heavy (non-hydrogen) atoms. The van der Waals surface area contributed by atoms with E-state index in [9.17, 15) is 0 Å². The van der Waals surface area contributed by atoms with Crippen molar-refractivity contribution in [2.75, 3.05) is 18.0 Å². The SMILES string of the molecule is Cn1c(Br)cnc1N1CCCCC1. The number of aromatic nitrogens is 2. The normalized spacial score (nSPS) is 17.8. The van der Waals surface area contributed by atoms with Crippen LogP contribution in [0.2, 0.25) is 0 Å². The quantitative estimate of drug-likeness (QED) is 0.754.